The van der Waals surface area contributed by atoms with Gasteiger partial charge < -0.3 is 9.47 Å². The molecule has 1 saturated carbocycles. The third-order valence-corrected chi connectivity index (χ3v) is 7.67. The van der Waals surface area contributed by atoms with Crippen molar-refractivity contribution in [2.24, 2.45) is 5.92 Å². The highest BCUT2D eigenvalue weighted by Gasteiger charge is 2.37. The van der Waals surface area contributed by atoms with Crippen LogP contribution < -0.4 is 4.90 Å². The summed E-state index contributed by atoms with van der Waals surface area (Å²) >= 11 is 0. The van der Waals surface area contributed by atoms with Crippen LogP contribution in [0, 0.1) is 17.2 Å². The molecule has 33 heavy (non-hydrogen) atoms. The average Bonchev–Trinajstić information content (AvgIpc) is 3.62. The normalized spacial score (nSPS) is 20.5. The van der Waals surface area contributed by atoms with Crippen LogP contribution in [0.5, 0.6) is 0 Å². The van der Waals surface area contributed by atoms with Crippen LogP contribution in [0.3, 0.4) is 0 Å². The Labute approximate surface area is 191 Å². The predicted octanol–water partition coefficient (Wildman–Crippen LogP) is 4.41. The molecule has 2 aromatic carbocycles. The van der Waals surface area contributed by atoms with E-state index in [2.05, 4.69) is 61.5 Å². The van der Waals surface area contributed by atoms with Crippen LogP contribution in [0.25, 0.3) is 28.3 Å². The first kappa shape index (κ1) is 18.6. The van der Waals surface area contributed by atoms with Gasteiger partial charge in [-0.15, -0.1) is 5.10 Å². The molecule has 0 N–H and O–H groups in total. The van der Waals surface area contributed by atoms with E-state index in [4.69, 9.17) is 5.26 Å². The Hall–Kier alpha value is -3.92. The van der Waals surface area contributed by atoms with Crippen molar-refractivity contribution in [3.05, 3.63) is 65.9 Å². The summed E-state index contributed by atoms with van der Waals surface area (Å²) in [7, 11) is 0. The lowest BCUT2D eigenvalue weighted by Crippen LogP contribution is -2.29. The van der Waals surface area contributed by atoms with E-state index in [-0.39, 0.29) is 0 Å². The zero-order valence-corrected chi connectivity index (χ0v) is 18.2. The third-order valence-electron chi connectivity index (χ3n) is 7.67. The van der Waals surface area contributed by atoms with Gasteiger partial charge in [-0.1, -0.05) is 18.6 Å². The number of nitriles is 1. The highest BCUT2D eigenvalue weighted by molar-refractivity contribution is 5.72. The summed E-state index contributed by atoms with van der Waals surface area (Å²) in [5.74, 6) is 1.61. The molecule has 4 aromatic rings. The minimum atomic E-state index is 0.663. The van der Waals surface area contributed by atoms with Crippen molar-refractivity contribution < 1.29 is 0 Å². The van der Waals surface area contributed by atoms with Crippen molar-refractivity contribution in [2.75, 3.05) is 11.4 Å². The maximum absolute atomic E-state index is 9.11. The fourth-order valence-corrected chi connectivity index (χ4v) is 6.06. The maximum atomic E-state index is 9.11. The van der Waals surface area contributed by atoms with Gasteiger partial charge in [0.05, 0.1) is 23.0 Å². The summed E-state index contributed by atoms with van der Waals surface area (Å²) in [5.41, 5.74) is 7.42. The minimum absolute atomic E-state index is 0.663. The highest BCUT2D eigenvalue weighted by Crippen LogP contribution is 2.41. The molecule has 0 amide bonds. The molecule has 0 radical (unpaired) electrons. The molecular formula is C26H23N7. The SMILES string of the molecule is N#Cc1ccc(-c2cc3n(c2)Cc2cc(N4CC[C@H]5CCC[C@@H]54)ccc2-n2nnnc2-3)cc1. The zero-order valence-electron chi connectivity index (χ0n) is 18.2. The smallest absolute Gasteiger partial charge is 0.203 e. The van der Waals surface area contributed by atoms with Gasteiger partial charge in [-0.05, 0) is 83.1 Å². The van der Waals surface area contributed by atoms with E-state index in [0.717, 1.165) is 47.3 Å². The summed E-state index contributed by atoms with van der Waals surface area (Å²) in [6, 6.07) is 19.5. The topological polar surface area (TPSA) is 75.6 Å². The number of fused-ring (bicyclic) bond motifs is 6. The molecule has 7 heteroatoms. The van der Waals surface area contributed by atoms with Crippen LogP contribution in [-0.4, -0.2) is 37.4 Å². The Morgan fingerprint density at radius 2 is 1.88 bits per heavy atom. The zero-order chi connectivity index (χ0) is 21.9. The van der Waals surface area contributed by atoms with Crippen LogP contribution in [0.4, 0.5) is 5.69 Å². The Morgan fingerprint density at radius 3 is 2.76 bits per heavy atom. The Morgan fingerprint density at radius 1 is 0.970 bits per heavy atom. The summed E-state index contributed by atoms with van der Waals surface area (Å²) < 4.78 is 4.11. The van der Waals surface area contributed by atoms with E-state index < -0.39 is 0 Å². The fraction of sp³-hybridized carbons (Fsp3) is 0.308. The Bertz CT molecular complexity index is 1410. The largest absolute Gasteiger partial charge is 0.368 e. The van der Waals surface area contributed by atoms with E-state index in [1.807, 2.05) is 28.9 Å². The number of benzene rings is 2. The third kappa shape index (κ3) is 2.83. The van der Waals surface area contributed by atoms with E-state index >= 15 is 0 Å². The van der Waals surface area contributed by atoms with E-state index in [1.54, 1.807) is 0 Å². The molecule has 7 rings (SSSR count). The lowest BCUT2D eigenvalue weighted by molar-refractivity contribution is 0.541. The molecule has 3 aliphatic rings. The number of nitrogens with zero attached hydrogens (tertiary/aromatic N) is 7. The second-order valence-electron chi connectivity index (χ2n) is 9.40. The number of tetrazole rings is 1. The molecule has 162 valence electrons. The molecule has 2 fully saturated rings. The molecule has 1 saturated heterocycles. The van der Waals surface area contributed by atoms with Crippen molar-refractivity contribution in [3.63, 3.8) is 0 Å². The summed E-state index contributed by atoms with van der Waals surface area (Å²) in [4.78, 5) is 2.63. The van der Waals surface area contributed by atoms with Crippen LogP contribution in [0.2, 0.25) is 0 Å². The summed E-state index contributed by atoms with van der Waals surface area (Å²) in [5, 5.41) is 21.8. The molecular weight excluding hydrogens is 410 g/mol. The average molecular weight is 434 g/mol. The lowest BCUT2D eigenvalue weighted by Gasteiger charge is -2.27. The van der Waals surface area contributed by atoms with Crippen molar-refractivity contribution >= 4 is 5.69 Å². The van der Waals surface area contributed by atoms with Gasteiger partial charge in [0.1, 0.15) is 0 Å². The number of rotatable bonds is 2. The molecule has 2 aliphatic heterocycles. The van der Waals surface area contributed by atoms with Crippen LogP contribution in [-0.2, 0) is 6.54 Å². The van der Waals surface area contributed by atoms with Crippen LogP contribution in [0.1, 0.15) is 36.8 Å². The molecule has 4 heterocycles. The molecule has 0 unspecified atom stereocenters. The summed E-state index contributed by atoms with van der Waals surface area (Å²) in [6.45, 7) is 1.91. The highest BCUT2D eigenvalue weighted by atomic mass is 15.5. The van der Waals surface area contributed by atoms with E-state index in [9.17, 15) is 0 Å². The predicted molar refractivity (Wildman–Crippen MR) is 125 cm³/mol. The Kier molecular flexibility index (Phi) is 3.98. The molecule has 0 bridgehead atoms. The van der Waals surface area contributed by atoms with Gasteiger partial charge in [-0.25, -0.2) is 0 Å². The lowest BCUT2D eigenvalue weighted by atomic mass is 10.0. The van der Waals surface area contributed by atoms with Gasteiger partial charge in [0.2, 0.25) is 5.82 Å². The number of anilines is 1. The molecule has 1 aliphatic carbocycles. The van der Waals surface area contributed by atoms with Gasteiger partial charge >= 0.3 is 0 Å². The first-order valence-corrected chi connectivity index (χ1v) is 11.7. The van der Waals surface area contributed by atoms with E-state index in [0.29, 0.717) is 11.6 Å². The molecule has 2 atom stereocenters. The summed E-state index contributed by atoms with van der Waals surface area (Å²) in [6.07, 6.45) is 7.53. The first-order valence-electron chi connectivity index (χ1n) is 11.7. The second-order valence-corrected chi connectivity index (χ2v) is 9.40. The van der Waals surface area contributed by atoms with Crippen molar-refractivity contribution in [2.45, 2.75) is 38.3 Å². The van der Waals surface area contributed by atoms with Gasteiger partial charge in [0.15, 0.2) is 0 Å². The quantitative estimate of drug-likeness (QED) is 0.412. The second kappa shape index (κ2) is 7.04. The minimum Gasteiger partial charge on any atom is -0.368 e. The Balaban J connectivity index is 1.31. The first-order chi connectivity index (χ1) is 16.3. The fourth-order valence-electron chi connectivity index (χ4n) is 6.06. The van der Waals surface area contributed by atoms with Crippen molar-refractivity contribution in [1.82, 2.24) is 24.8 Å². The molecule has 0 spiro atoms. The van der Waals surface area contributed by atoms with Crippen LogP contribution >= 0.6 is 0 Å². The van der Waals surface area contributed by atoms with Crippen molar-refractivity contribution in [1.29, 1.82) is 5.26 Å². The van der Waals surface area contributed by atoms with Gasteiger partial charge in [0, 0.05) is 36.6 Å². The number of hydrogen-bond acceptors (Lipinski definition) is 5. The standard InChI is InChI=1S/C26H23N7/c27-14-17-4-6-18(7-5-17)20-13-25-26-28-29-30-33(26)24-9-8-22(12-21(24)16-31(25)15-20)32-11-10-19-2-1-3-23(19)32/h4-9,12-13,15,19,23H,1-3,10-11,16H2/t19-,23+/m1/s1. The number of hydrogen-bond donors (Lipinski definition) is 0. The van der Waals surface area contributed by atoms with E-state index in [1.165, 1.54) is 36.9 Å². The van der Waals surface area contributed by atoms with Crippen LogP contribution in [0.15, 0.2) is 54.7 Å². The molecule has 7 nitrogen and oxygen atoms in total. The maximum Gasteiger partial charge on any atom is 0.203 e. The van der Waals surface area contributed by atoms with Gasteiger partial charge in [-0.3, -0.25) is 0 Å². The van der Waals surface area contributed by atoms with Gasteiger partial charge in [0.25, 0.3) is 0 Å². The van der Waals surface area contributed by atoms with Gasteiger partial charge in [-0.2, -0.15) is 9.94 Å². The number of aromatic nitrogens is 5. The monoisotopic (exact) mass is 433 g/mol. The molecule has 2 aromatic heterocycles. The van der Waals surface area contributed by atoms with Crippen molar-refractivity contribution in [3.8, 4) is 34.4 Å².